The van der Waals surface area contributed by atoms with Crippen LogP contribution in [0.1, 0.15) is 17.0 Å². The van der Waals surface area contributed by atoms with E-state index in [0.717, 1.165) is 16.0 Å². The lowest BCUT2D eigenvalue weighted by Crippen LogP contribution is -2.39. The Morgan fingerprint density at radius 3 is 2.34 bits per heavy atom. The number of hydrogen-bond acceptors (Lipinski definition) is 4. The van der Waals surface area contributed by atoms with E-state index < -0.39 is 11.2 Å². The summed E-state index contributed by atoms with van der Waals surface area (Å²) >= 11 is 12.0. The van der Waals surface area contributed by atoms with Crippen molar-refractivity contribution in [2.24, 2.45) is 14.1 Å². The third-order valence-corrected chi connectivity index (χ3v) is 5.60. The lowest BCUT2D eigenvalue weighted by Gasteiger charge is -2.09. The summed E-state index contributed by atoms with van der Waals surface area (Å²) in [5.74, 6) is 0.463. The average Bonchev–Trinajstić information content (AvgIpc) is 3.18. The Bertz CT molecular complexity index is 1390. The molecule has 0 aliphatic carbocycles. The number of aryl methyl sites for hydroxylation is 4. The smallest absolute Gasteiger partial charge is 0.306 e. The fourth-order valence-electron chi connectivity index (χ4n) is 3.41. The topological polar surface area (TPSA) is 79.6 Å². The van der Waals surface area contributed by atoms with E-state index >= 15 is 0 Å². The van der Waals surface area contributed by atoms with Crippen molar-refractivity contribution in [3.05, 3.63) is 72.1 Å². The second-order valence-corrected chi connectivity index (χ2v) is 7.78. The maximum atomic E-state index is 13.2. The standard InChI is InChI=1S/C19H18Cl2N6O2/c1-10-7-11(2)27(23-10)18-22-16-15(24(18)3)17(28)26(19(29)25(16)4)9-12-5-6-13(20)14(21)8-12/h5-8H,9H2,1-4H3. The van der Waals surface area contributed by atoms with Crippen LogP contribution in [0.15, 0.2) is 33.9 Å². The zero-order valence-corrected chi connectivity index (χ0v) is 17.8. The average molecular weight is 433 g/mol. The molecule has 3 aromatic heterocycles. The molecule has 4 aromatic rings. The van der Waals surface area contributed by atoms with Crippen molar-refractivity contribution in [2.75, 3.05) is 0 Å². The van der Waals surface area contributed by atoms with Crippen LogP contribution in [0.3, 0.4) is 0 Å². The number of imidazole rings is 1. The molecule has 0 saturated carbocycles. The van der Waals surface area contributed by atoms with Gasteiger partial charge >= 0.3 is 5.69 Å². The van der Waals surface area contributed by atoms with Crippen molar-refractivity contribution in [1.82, 2.24) is 28.5 Å². The van der Waals surface area contributed by atoms with Crippen molar-refractivity contribution in [2.45, 2.75) is 20.4 Å². The molecular weight excluding hydrogens is 415 g/mol. The predicted molar refractivity (Wildman–Crippen MR) is 112 cm³/mol. The van der Waals surface area contributed by atoms with Crippen LogP contribution in [0.25, 0.3) is 17.1 Å². The summed E-state index contributed by atoms with van der Waals surface area (Å²) in [6, 6.07) is 6.93. The predicted octanol–water partition coefficient (Wildman–Crippen LogP) is 2.59. The number of benzene rings is 1. The lowest BCUT2D eigenvalue weighted by molar-refractivity contribution is 0.655. The number of nitrogens with zero attached hydrogens (tertiary/aromatic N) is 6. The van der Waals surface area contributed by atoms with Crippen molar-refractivity contribution >= 4 is 34.4 Å². The summed E-state index contributed by atoms with van der Waals surface area (Å²) in [5.41, 5.74) is 2.12. The molecule has 1 aromatic carbocycles. The molecular formula is C19H18Cl2N6O2. The minimum atomic E-state index is -0.466. The fourth-order valence-corrected chi connectivity index (χ4v) is 3.73. The van der Waals surface area contributed by atoms with Crippen LogP contribution in [0, 0.1) is 13.8 Å². The maximum Gasteiger partial charge on any atom is 0.332 e. The third-order valence-electron chi connectivity index (χ3n) is 4.86. The summed E-state index contributed by atoms with van der Waals surface area (Å²) < 4.78 is 5.84. The van der Waals surface area contributed by atoms with E-state index in [4.69, 9.17) is 23.2 Å². The van der Waals surface area contributed by atoms with E-state index in [9.17, 15) is 9.59 Å². The van der Waals surface area contributed by atoms with Crippen molar-refractivity contribution in [1.29, 1.82) is 0 Å². The van der Waals surface area contributed by atoms with Gasteiger partial charge in [-0.1, -0.05) is 29.3 Å². The molecule has 0 amide bonds. The summed E-state index contributed by atoms with van der Waals surface area (Å²) in [6.45, 7) is 3.85. The molecule has 0 aliphatic heterocycles. The number of halogens is 2. The molecule has 29 heavy (non-hydrogen) atoms. The first-order chi connectivity index (χ1) is 13.7. The van der Waals surface area contributed by atoms with E-state index in [2.05, 4.69) is 10.1 Å². The second kappa shape index (κ2) is 6.89. The van der Waals surface area contributed by atoms with E-state index in [1.165, 1.54) is 4.57 Å². The van der Waals surface area contributed by atoms with Crippen LogP contribution < -0.4 is 11.2 Å². The van der Waals surface area contributed by atoms with Crippen LogP contribution >= 0.6 is 23.2 Å². The van der Waals surface area contributed by atoms with Gasteiger partial charge in [0.25, 0.3) is 5.56 Å². The molecule has 0 radical (unpaired) electrons. The number of fused-ring (bicyclic) bond motifs is 1. The molecule has 0 aliphatic rings. The maximum absolute atomic E-state index is 13.2. The Kier molecular flexibility index (Phi) is 4.63. The quantitative estimate of drug-likeness (QED) is 0.498. The summed E-state index contributed by atoms with van der Waals surface area (Å²) in [7, 11) is 3.32. The van der Waals surface area contributed by atoms with Gasteiger partial charge in [0.15, 0.2) is 11.2 Å². The first kappa shape index (κ1) is 19.5. The van der Waals surface area contributed by atoms with Crippen molar-refractivity contribution in [3.63, 3.8) is 0 Å². The first-order valence-corrected chi connectivity index (χ1v) is 9.58. The van der Waals surface area contributed by atoms with Gasteiger partial charge in [-0.2, -0.15) is 10.1 Å². The van der Waals surface area contributed by atoms with Crippen molar-refractivity contribution < 1.29 is 0 Å². The van der Waals surface area contributed by atoms with Gasteiger partial charge in [0.2, 0.25) is 5.95 Å². The highest BCUT2D eigenvalue weighted by Crippen LogP contribution is 2.23. The minimum absolute atomic E-state index is 0.0682. The Balaban J connectivity index is 1.95. The molecule has 0 N–H and O–H groups in total. The van der Waals surface area contributed by atoms with Crippen molar-refractivity contribution in [3.8, 4) is 5.95 Å². The van der Waals surface area contributed by atoms with Crippen LogP contribution in [-0.2, 0) is 20.6 Å². The highest BCUT2D eigenvalue weighted by Gasteiger charge is 2.21. The highest BCUT2D eigenvalue weighted by molar-refractivity contribution is 6.42. The first-order valence-electron chi connectivity index (χ1n) is 8.83. The van der Waals surface area contributed by atoms with Crippen LogP contribution in [0.2, 0.25) is 10.0 Å². The molecule has 0 bridgehead atoms. The lowest BCUT2D eigenvalue weighted by atomic mass is 10.2. The molecule has 0 unspecified atom stereocenters. The fraction of sp³-hybridized carbons (Fsp3) is 0.263. The molecule has 3 heterocycles. The van der Waals surface area contributed by atoms with Gasteiger partial charge in [-0.25, -0.2) is 9.48 Å². The highest BCUT2D eigenvalue weighted by atomic mass is 35.5. The van der Waals surface area contributed by atoms with E-state index in [-0.39, 0.29) is 6.54 Å². The molecule has 4 rings (SSSR count). The van der Waals surface area contributed by atoms with E-state index in [0.29, 0.717) is 32.7 Å². The molecule has 0 spiro atoms. The monoisotopic (exact) mass is 432 g/mol. The number of rotatable bonds is 3. The Labute approximate surface area is 175 Å². The second-order valence-electron chi connectivity index (χ2n) is 6.96. The molecule has 10 heteroatoms. The normalized spacial score (nSPS) is 11.5. The van der Waals surface area contributed by atoms with Gasteiger partial charge in [-0.3, -0.25) is 13.9 Å². The summed E-state index contributed by atoms with van der Waals surface area (Å²) in [4.78, 5) is 30.6. The SMILES string of the molecule is Cc1cc(C)n(-c2nc3c(c(=O)n(Cc4ccc(Cl)c(Cl)c4)c(=O)n3C)n2C)n1. The molecule has 0 atom stereocenters. The van der Waals surface area contributed by atoms with E-state index in [1.807, 2.05) is 19.9 Å². The summed E-state index contributed by atoms with van der Waals surface area (Å²) in [5, 5.41) is 5.21. The third kappa shape index (κ3) is 3.08. The van der Waals surface area contributed by atoms with Crippen LogP contribution in [-0.4, -0.2) is 28.5 Å². The Morgan fingerprint density at radius 2 is 1.72 bits per heavy atom. The van der Waals surface area contributed by atoms with Gasteiger partial charge in [-0.15, -0.1) is 0 Å². The number of hydrogen-bond donors (Lipinski definition) is 0. The largest absolute Gasteiger partial charge is 0.332 e. The van der Waals surface area contributed by atoms with Crippen LogP contribution in [0.5, 0.6) is 0 Å². The van der Waals surface area contributed by atoms with Gasteiger partial charge < -0.3 is 4.57 Å². The van der Waals surface area contributed by atoms with Gasteiger partial charge in [0, 0.05) is 19.8 Å². The molecule has 150 valence electrons. The minimum Gasteiger partial charge on any atom is -0.306 e. The van der Waals surface area contributed by atoms with Gasteiger partial charge in [-0.05, 0) is 37.6 Å². The zero-order valence-electron chi connectivity index (χ0n) is 16.3. The van der Waals surface area contributed by atoms with Crippen LogP contribution in [0.4, 0.5) is 0 Å². The molecule has 0 saturated heterocycles. The Morgan fingerprint density at radius 1 is 1.00 bits per heavy atom. The number of aromatic nitrogens is 6. The van der Waals surface area contributed by atoms with Gasteiger partial charge in [0.05, 0.1) is 22.3 Å². The molecule has 0 fully saturated rings. The molecule has 8 nitrogen and oxygen atoms in total. The zero-order chi connectivity index (χ0) is 21.0. The van der Waals surface area contributed by atoms with E-state index in [1.54, 1.807) is 41.5 Å². The Hall–Kier alpha value is -2.84. The summed E-state index contributed by atoms with van der Waals surface area (Å²) in [6.07, 6.45) is 0. The van der Waals surface area contributed by atoms with Gasteiger partial charge in [0.1, 0.15) is 0 Å².